The Kier molecular flexibility index (Phi) is 3.29. The Morgan fingerprint density at radius 2 is 2.08 bits per heavy atom. The van der Waals surface area contributed by atoms with Crippen LogP contribution in [-0.2, 0) is 6.42 Å². The van der Waals surface area contributed by atoms with Crippen LogP contribution in [0.1, 0.15) is 25.1 Å². The van der Waals surface area contributed by atoms with Crippen molar-refractivity contribution in [1.82, 2.24) is 4.98 Å². The van der Waals surface area contributed by atoms with Crippen LogP contribution in [0.2, 0.25) is 0 Å². The van der Waals surface area contributed by atoms with Crippen LogP contribution < -0.4 is 4.74 Å². The molecule has 0 saturated carbocycles. The Morgan fingerprint density at radius 1 is 1.38 bits per heavy atom. The number of rotatable bonds is 3. The summed E-state index contributed by atoms with van der Waals surface area (Å²) in [5, 5.41) is 0. The van der Waals surface area contributed by atoms with Crippen molar-refractivity contribution in [1.29, 1.82) is 0 Å². The average molecular weight is 179 g/mol. The lowest BCUT2D eigenvalue weighted by atomic mass is 10.0. The van der Waals surface area contributed by atoms with Crippen LogP contribution in [0.25, 0.3) is 0 Å². The van der Waals surface area contributed by atoms with Gasteiger partial charge in [-0.15, -0.1) is 0 Å². The van der Waals surface area contributed by atoms with Gasteiger partial charge in [0.05, 0.1) is 7.11 Å². The second kappa shape index (κ2) is 4.26. The van der Waals surface area contributed by atoms with Crippen LogP contribution in [-0.4, -0.2) is 12.1 Å². The first-order chi connectivity index (χ1) is 6.13. The van der Waals surface area contributed by atoms with Crippen molar-refractivity contribution in [3.8, 4) is 5.88 Å². The van der Waals surface area contributed by atoms with Gasteiger partial charge in [-0.25, -0.2) is 4.98 Å². The topological polar surface area (TPSA) is 22.1 Å². The molecule has 0 spiro atoms. The molecule has 0 saturated heterocycles. The second-order valence-electron chi connectivity index (χ2n) is 3.72. The molecule has 72 valence electrons. The van der Waals surface area contributed by atoms with Gasteiger partial charge in [-0.1, -0.05) is 19.9 Å². The van der Waals surface area contributed by atoms with Crippen LogP contribution in [0.5, 0.6) is 5.88 Å². The fraction of sp³-hybridized carbons (Fsp3) is 0.545. The van der Waals surface area contributed by atoms with Crippen molar-refractivity contribution in [3.05, 3.63) is 23.4 Å². The molecule has 1 heterocycles. The molecule has 2 nitrogen and oxygen atoms in total. The molecule has 1 aromatic heterocycles. The minimum atomic E-state index is 0.637. The predicted octanol–water partition coefficient (Wildman–Crippen LogP) is 2.60. The van der Waals surface area contributed by atoms with E-state index in [1.54, 1.807) is 7.11 Å². The zero-order valence-corrected chi connectivity index (χ0v) is 8.79. The van der Waals surface area contributed by atoms with E-state index in [1.807, 2.05) is 13.0 Å². The summed E-state index contributed by atoms with van der Waals surface area (Å²) in [6.45, 7) is 6.36. The number of methoxy groups -OCH3 is 1. The van der Waals surface area contributed by atoms with E-state index in [0.29, 0.717) is 5.92 Å². The monoisotopic (exact) mass is 179 g/mol. The molecular weight excluding hydrogens is 162 g/mol. The van der Waals surface area contributed by atoms with Crippen molar-refractivity contribution >= 4 is 0 Å². The van der Waals surface area contributed by atoms with Crippen molar-refractivity contribution in [2.45, 2.75) is 27.2 Å². The number of ether oxygens (including phenoxy) is 1. The highest BCUT2D eigenvalue weighted by Crippen LogP contribution is 2.18. The van der Waals surface area contributed by atoms with Crippen LogP contribution in [0.15, 0.2) is 12.1 Å². The van der Waals surface area contributed by atoms with Crippen molar-refractivity contribution in [3.63, 3.8) is 0 Å². The van der Waals surface area contributed by atoms with E-state index in [4.69, 9.17) is 4.74 Å². The first-order valence-corrected chi connectivity index (χ1v) is 4.64. The molecule has 0 aliphatic rings. The maximum Gasteiger partial charge on any atom is 0.216 e. The van der Waals surface area contributed by atoms with Gasteiger partial charge >= 0.3 is 0 Å². The van der Waals surface area contributed by atoms with Gasteiger partial charge in [-0.3, -0.25) is 0 Å². The summed E-state index contributed by atoms with van der Waals surface area (Å²) in [6.07, 6.45) is 1.02. The summed E-state index contributed by atoms with van der Waals surface area (Å²) in [5.74, 6) is 1.41. The standard InChI is InChI=1S/C11H17NO/c1-8(2)7-10-6-5-9(3)12-11(10)13-4/h5-6,8H,7H2,1-4H3. The molecule has 0 N–H and O–H groups in total. The normalized spacial score (nSPS) is 10.5. The zero-order chi connectivity index (χ0) is 9.84. The number of aromatic nitrogens is 1. The first-order valence-electron chi connectivity index (χ1n) is 4.64. The second-order valence-corrected chi connectivity index (χ2v) is 3.72. The summed E-state index contributed by atoms with van der Waals surface area (Å²) < 4.78 is 5.22. The molecular formula is C11H17NO. The van der Waals surface area contributed by atoms with E-state index >= 15 is 0 Å². The minimum absolute atomic E-state index is 0.637. The third kappa shape index (κ3) is 2.72. The number of aryl methyl sites for hydroxylation is 1. The molecule has 0 aromatic carbocycles. The van der Waals surface area contributed by atoms with Crippen molar-refractivity contribution < 1.29 is 4.74 Å². The van der Waals surface area contributed by atoms with E-state index in [9.17, 15) is 0 Å². The fourth-order valence-electron chi connectivity index (χ4n) is 1.33. The molecule has 0 unspecified atom stereocenters. The van der Waals surface area contributed by atoms with Gasteiger partial charge in [-0.05, 0) is 25.3 Å². The Bertz CT molecular complexity index is 281. The first kappa shape index (κ1) is 10.0. The molecule has 13 heavy (non-hydrogen) atoms. The number of pyridine rings is 1. The molecule has 2 heteroatoms. The van der Waals surface area contributed by atoms with Crippen LogP contribution >= 0.6 is 0 Å². The molecule has 1 rings (SSSR count). The van der Waals surface area contributed by atoms with Gasteiger partial charge < -0.3 is 4.74 Å². The SMILES string of the molecule is COc1nc(C)ccc1CC(C)C. The van der Waals surface area contributed by atoms with Gasteiger partial charge in [0.15, 0.2) is 0 Å². The largest absolute Gasteiger partial charge is 0.481 e. The lowest BCUT2D eigenvalue weighted by Gasteiger charge is -2.09. The van der Waals surface area contributed by atoms with E-state index < -0.39 is 0 Å². The minimum Gasteiger partial charge on any atom is -0.481 e. The van der Waals surface area contributed by atoms with Gasteiger partial charge in [-0.2, -0.15) is 0 Å². The van der Waals surface area contributed by atoms with Crippen LogP contribution in [0, 0.1) is 12.8 Å². The van der Waals surface area contributed by atoms with Gasteiger partial charge in [0, 0.05) is 11.3 Å². The third-order valence-corrected chi connectivity index (χ3v) is 1.90. The van der Waals surface area contributed by atoms with Gasteiger partial charge in [0.25, 0.3) is 0 Å². The van der Waals surface area contributed by atoms with Crippen molar-refractivity contribution in [2.24, 2.45) is 5.92 Å². The highest BCUT2D eigenvalue weighted by molar-refractivity contribution is 5.28. The predicted molar refractivity (Wildman–Crippen MR) is 54.1 cm³/mol. The quantitative estimate of drug-likeness (QED) is 0.711. The molecule has 0 aliphatic heterocycles. The molecule has 1 aromatic rings. The van der Waals surface area contributed by atoms with E-state index in [2.05, 4.69) is 24.9 Å². The summed E-state index contributed by atoms with van der Waals surface area (Å²) in [7, 11) is 1.67. The molecule has 0 fully saturated rings. The molecule has 0 amide bonds. The smallest absolute Gasteiger partial charge is 0.216 e. The zero-order valence-electron chi connectivity index (χ0n) is 8.79. The Balaban J connectivity index is 2.92. The third-order valence-electron chi connectivity index (χ3n) is 1.90. The van der Waals surface area contributed by atoms with Crippen LogP contribution in [0.4, 0.5) is 0 Å². The Labute approximate surface area is 80.0 Å². The maximum absolute atomic E-state index is 5.22. The average Bonchev–Trinajstić information content (AvgIpc) is 2.07. The number of hydrogen-bond acceptors (Lipinski definition) is 2. The summed E-state index contributed by atoms with van der Waals surface area (Å²) >= 11 is 0. The number of hydrogen-bond donors (Lipinski definition) is 0. The summed E-state index contributed by atoms with van der Waals surface area (Å²) in [6, 6.07) is 4.13. The molecule has 0 radical (unpaired) electrons. The highest BCUT2D eigenvalue weighted by atomic mass is 16.5. The van der Waals surface area contributed by atoms with Gasteiger partial charge in [0.1, 0.15) is 0 Å². The Morgan fingerprint density at radius 3 is 2.62 bits per heavy atom. The van der Waals surface area contributed by atoms with Gasteiger partial charge in [0.2, 0.25) is 5.88 Å². The lowest BCUT2D eigenvalue weighted by Crippen LogP contribution is -2.00. The molecule has 0 bridgehead atoms. The Hall–Kier alpha value is -1.05. The van der Waals surface area contributed by atoms with E-state index in [0.717, 1.165) is 18.0 Å². The maximum atomic E-state index is 5.22. The van der Waals surface area contributed by atoms with Crippen LogP contribution in [0.3, 0.4) is 0 Å². The highest BCUT2D eigenvalue weighted by Gasteiger charge is 2.06. The summed E-state index contributed by atoms with van der Waals surface area (Å²) in [4.78, 5) is 4.32. The van der Waals surface area contributed by atoms with E-state index in [1.165, 1.54) is 5.56 Å². The lowest BCUT2D eigenvalue weighted by molar-refractivity contribution is 0.388. The molecule has 0 atom stereocenters. The summed E-state index contributed by atoms with van der Waals surface area (Å²) in [5.41, 5.74) is 2.20. The van der Waals surface area contributed by atoms with E-state index in [-0.39, 0.29) is 0 Å². The van der Waals surface area contributed by atoms with Crippen molar-refractivity contribution in [2.75, 3.05) is 7.11 Å². The number of nitrogens with zero attached hydrogens (tertiary/aromatic N) is 1. The fourth-order valence-corrected chi connectivity index (χ4v) is 1.33. The molecule has 0 aliphatic carbocycles.